The number of carboxylic acid groups (broad SMARTS) is 1. The number of nitrogens with zero attached hydrogens (tertiary/aromatic N) is 2. The van der Waals surface area contributed by atoms with Gasteiger partial charge in [-0.3, -0.25) is 4.79 Å². The first-order chi connectivity index (χ1) is 12.5. The summed E-state index contributed by atoms with van der Waals surface area (Å²) in [7, 11) is 0. The lowest BCUT2D eigenvalue weighted by Gasteiger charge is -2.37. The third kappa shape index (κ3) is 3.47. The number of carboxylic acids is 1. The van der Waals surface area contributed by atoms with Gasteiger partial charge in [0.15, 0.2) is 0 Å². The molecule has 1 aromatic carbocycles. The normalized spacial score (nSPS) is 16.5. The summed E-state index contributed by atoms with van der Waals surface area (Å²) < 4.78 is 0. The molecule has 0 unspecified atom stereocenters. The van der Waals surface area contributed by atoms with Gasteiger partial charge in [0, 0.05) is 28.9 Å². The van der Waals surface area contributed by atoms with Crippen LogP contribution in [-0.2, 0) is 10.8 Å². The molecule has 0 saturated carbocycles. The third-order valence-corrected chi connectivity index (χ3v) is 5.02. The third-order valence-electron chi connectivity index (χ3n) is 5.02. The van der Waals surface area contributed by atoms with Gasteiger partial charge < -0.3 is 10.4 Å². The zero-order valence-corrected chi connectivity index (χ0v) is 16.1. The van der Waals surface area contributed by atoms with Crippen molar-refractivity contribution in [3.05, 3.63) is 64.8 Å². The van der Waals surface area contributed by atoms with Gasteiger partial charge in [0.05, 0.1) is 5.56 Å². The van der Waals surface area contributed by atoms with Crippen LogP contribution in [0.1, 0.15) is 65.4 Å². The first-order valence-corrected chi connectivity index (χ1v) is 8.74. The molecule has 2 N–H and O–H groups in total. The molecule has 0 radical (unpaired) electrons. The number of amides is 1. The van der Waals surface area contributed by atoms with Crippen molar-refractivity contribution in [2.45, 2.75) is 45.4 Å². The second-order valence-corrected chi connectivity index (χ2v) is 8.04. The van der Waals surface area contributed by atoms with Crippen LogP contribution in [-0.4, -0.2) is 27.0 Å². The minimum Gasteiger partial charge on any atom is -0.478 e. The zero-order valence-electron chi connectivity index (χ0n) is 16.1. The van der Waals surface area contributed by atoms with Gasteiger partial charge in [-0.25, -0.2) is 14.8 Å². The predicted molar refractivity (Wildman–Crippen MR) is 103 cm³/mol. The number of aromatic nitrogens is 2. The van der Waals surface area contributed by atoms with Crippen molar-refractivity contribution in [3.8, 4) is 0 Å². The second-order valence-electron chi connectivity index (χ2n) is 8.04. The number of aromatic carboxylic acids is 1. The standard InChI is InChI=1S/C21H23N3O3/c1-12-8-14-15(21(4,5)7-6-20(14,2)3)9-16(12)24-18(25)17-22-10-13(11-23-17)19(26)27/h6-11H,1-5H3,(H,24,25)(H,26,27). The van der Waals surface area contributed by atoms with Crippen LogP contribution in [0, 0.1) is 6.92 Å². The van der Waals surface area contributed by atoms with Gasteiger partial charge in [-0.05, 0) is 29.7 Å². The van der Waals surface area contributed by atoms with E-state index in [2.05, 4.69) is 61.2 Å². The highest BCUT2D eigenvalue weighted by Gasteiger charge is 2.33. The summed E-state index contributed by atoms with van der Waals surface area (Å²) in [5.74, 6) is -1.68. The highest BCUT2D eigenvalue weighted by atomic mass is 16.4. The minimum atomic E-state index is -1.13. The average Bonchev–Trinajstić information content (AvgIpc) is 2.60. The molecule has 1 heterocycles. The fourth-order valence-electron chi connectivity index (χ4n) is 3.24. The molecule has 1 amide bonds. The first kappa shape index (κ1) is 18.8. The summed E-state index contributed by atoms with van der Waals surface area (Å²) in [6.07, 6.45) is 6.68. The van der Waals surface area contributed by atoms with Gasteiger partial charge in [-0.1, -0.05) is 45.9 Å². The van der Waals surface area contributed by atoms with Gasteiger partial charge in [-0.2, -0.15) is 0 Å². The van der Waals surface area contributed by atoms with Crippen LogP contribution in [0.5, 0.6) is 0 Å². The molecule has 6 nitrogen and oxygen atoms in total. The Hall–Kier alpha value is -3.02. The lowest BCUT2D eigenvalue weighted by molar-refractivity contribution is 0.0695. The number of nitrogens with one attached hydrogen (secondary N) is 1. The molecule has 0 atom stereocenters. The van der Waals surface area contributed by atoms with E-state index in [9.17, 15) is 9.59 Å². The molecular weight excluding hydrogens is 342 g/mol. The minimum absolute atomic E-state index is 0.0627. The lowest BCUT2D eigenvalue weighted by atomic mass is 9.67. The van der Waals surface area contributed by atoms with Crippen molar-refractivity contribution in [3.63, 3.8) is 0 Å². The number of rotatable bonds is 3. The maximum Gasteiger partial charge on any atom is 0.338 e. The maximum atomic E-state index is 12.5. The van der Waals surface area contributed by atoms with Crippen LogP contribution >= 0.6 is 0 Å². The Morgan fingerprint density at radius 2 is 1.48 bits per heavy atom. The number of carbonyl (C=O) groups is 2. The Bertz CT molecular complexity index is 957. The molecular formula is C21H23N3O3. The lowest BCUT2D eigenvalue weighted by Crippen LogP contribution is -2.29. The molecule has 1 aliphatic rings. The van der Waals surface area contributed by atoms with Gasteiger partial charge >= 0.3 is 5.97 Å². The molecule has 0 fully saturated rings. The largest absolute Gasteiger partial charge is 0.478 e. The fourth-order valence-corrected chi connectivity index (χ4v) is 3.24. The van der Waals surface area contributed by atoms with Crippen molar-refractivity contribution >= 4 is 17.6 Å². The quantitative estimate of drug-likeness (QED) is 0.806. The highest BCUT2D eigenvalue weighted by molar-refractivity contribution is 6.02. The number of benzene rings is 1. The molecule has 6 heteroatoms. The highest BCUT2D eigenvalue weighted by Crippen LogP contribution is 2.43. The molecule has 0 saturated heterocycles. The Balaban J connectivity index is 1.94. The van der Waals surface area contributed by atoms with E-state index in [0.717, 1.165) is 23.5 Å². The molecule has 0 spiro atoms. The van der Waals surface area contributed by atoms with E-state index in [4.69, 9.17) is 5.11 Å². The van der Waals surface area contributed by atoms with Gasteiger partial charge in [0.1, 0.15) is 0 Å². The van der Waals surface area contributed by atoms with Crippen LogP contribution in [0.2, 0.25) is 0 Å². The summed E-state index contributed by atoms with van der Waals surface area (Å²) in [4.78, 5) is 31.1. The van der Waals surface area contributed by atoms with Crippen molar-refractivity contribution in [1.29, 1.82) is 0 Å². The molecule has 1 aliphatic carbocycles. The van der Waals surface area contributed by atoms with Crippen LogP contribution in [0.4, 0.5) is 5.69 Å². The molecule has 3 rings (SSSR count). The SMILES string of the molecule is Cc1cc2c(cc1NC(=O)c1ncc(C(=O)O)cn1)C(C)(C)C=CC2(C)C. The number of allylic oxidation sites excluding steroid dienone is 2. The van der Waals surface area contributed by atoms with Crippen LogP contribution in [0.15, 0.2) is 36.7 Å². The van der Waals surface area contributed by atoms with Crippen molar-refractivity contribution in [2.75, 3.05) is 5.32 Å². The number of hydrogen-bond acceptors (Lipinski definition) is 4. The van der Waals surface area contributed by atoms with Crippen molar-refractivity contribution < 1.29 is 14.7 Å². The summed E-state index contributed by atoms with van der Waals surface area (Å²) in [6.45, 7) is 10.6. The zero-order chi connectivity index (χ0) is 20.0. The molecule has 2 aromatic rings. The number of carbonyl (C=O) groups excluding carboxylic acids is 1. The maximum absolute atomic E-state index is 12.5. The smallest absolute Gasteiger partial charge is 0.338 e. The Kier molecular flexibility index (Phi) is 4.38. The molecule has 0 aliphatic heterocycles. The van der Waals surface area contributed by atoms with E-state index in [1.165, 1.54) is 5.56 Å². The van der Waals surface area contributed by atoms with Crippen LogP contribution < -0.4 is 5.32 Å². The number of fused-ring (bicyclic) bond motifs is 1. The van der Waals surface area contributed by atoms with Gasteiger partial charge in [0.25, 0.3) is 5.91 Å². The van der Waals surface area contributed by atoms with E-state index in [1.54, 1.807) is 0 Å². The molecule has 1 aromatic heterocycles. The first-order valence-electron chi connectivity index (χ1n) is 8.74. The summed E-state index contributed by atoms with van der Waals surface area (Å²) >= 11 is 0. The average molecular weight is 365 g/mol. The Morgan fingerprint density at radius 3 is 2.00 bits per heavy atom. The number of aryl methyl sites for hydroxylation is 1. The topological polar surface area (TPSA) is 92.2 Å². The summed E-state index contributed by atoms with van der Waals surface area (Å²) in [5, 5.41) is 11.8. The number of hydrogen-bond donors (Lipinski definition) is 2. The van der Waals surface area contributed by atoms with E-state index in [-0.39, 0.29) is 22.2 Å². The molecule has 0 bridgehead atoms. The van der Waals surface area contributed by atoms with E-state index in [1.807, 2.05) is 13.0 Å². The van der Waals surface area contributed by atoms with Crippen molar-refractivity contribution in [1.82, 2.24) is 9.97 Å². The molecule has 140 valence electrons. The van der Waals surface area contributed by atoms with Gasteiger partial charge in [0.2, 0.25) is 5.82 Å². The van der Waals surface area contributed by atoms with Crippen LogP contribution in [0.3, 0.4) is 0 Å². The van der Waals surface area contributed by atoms with E-state index in [0.29, 0.717) is 5.69 Å². The van der Waals surface area contributed by atoms with Crippen LogP contribution in [0.25, 0.3) is 0 Å². The summed E-state index contributed by atoms with van der Waals surface area (Å²) in [6, 6.07) is 4.13. The van der Waals surface area contributed by atoms with E-state index < -0.39 is 11.9 Å². The predicted octanol–water partition coefficient (Wildman–Crippen LogP) is 3.86. The van der Waals surface area contributed by atoms with Crippen molar-refractivity contribution in [2.24, 2.45) is 0 Å². The van der Waals surface area contributed by atoms with E-state index >= 15 is 0 Å². The fraction of sp³-hybridized carbons (Fsp3) is 0.333. The Labute approximate surface area is 158 Å². The monoisotopic (exact) mass is 365 g/mol. The summed E-state index contributed by atoms with van der Waals surface area (Å²) in [5.41, 5.74) is 3.77. The number of anilines is 1. The van der Waals surface area contributed by atoms with Gasteiger partial charge in [-0.15, -0.1) is 0 Å². The molecule has 27 heavy (non-hydrogen) atoms. The Morgan fingerprint density at radius 1 is 0.963 bits per heavy atom. The second kappa shape index (κ2) is 6.30.